The van der Waals surface area contributed by atoms with E-state index in [1.54, 1.807) is 0 Å². The Morgan fingerprint density at radius 3 is 2.31 bits per heavy atom. The molecule has 1 unspecified atom stereocenters. The van der Waals surface area contributed by atoms with Crippen LogP contribution in [0.3, 0.4) is 0 Å². The van der Waals surface area contributed by atoms with Crippen LogP contribution >= 0.6 is 0 Å². The van der Waals surface area contributed by atoms with Crippen molar-refractivity contribution in [1.29, 1.82) is 0 Å². The fourth-order valence-corrected chi connectivity index (χ4v) is 6.07. The number of piperidine rings is 1. The Morgan fingerprint density at radius 2 is 1.69 bits per heavy atom. The average molecular weight is 359 g/mol. The van der Waals surface area contributed by atoms with Gasteiger partial charge in [0.1, 0.15) is 5.82 Å². The standard InChI is InChI=1S/C22H31FN2O/c23-19-7-5-17(6-8-19)22(10-1-2-11-22)20(26)25-14-12-21(13-15-25)9-3-4-18(21)16-24/h5-8,18H,1-4,9-16,24H2. The maximum atomic E-state index is 13.6. The molecule has 142 valence electrons. The summed E-state index contributed by atoms with van der Waals surface area (Å²) in [6, 6.07) is 6.65. The number of nitrogens with two attached hydrogens (primary N) is 1. The van der Waals surface area contributed by atoms with Gasteiger partial charge >= 0.3 is 0 Å². The molecule has 0 aromatic heterocycles. The highest BCUT2D eigenvalue weighted by molar-refractivity contribution is 5.88. The van der Waals surface area contributed by atoms with E-state index in [2.05, 4.69) is 4.90 Å². The number of carbonyl (C=O) groups excluding carboxylic acids is 1. The SMILES string of the molecule is NCC1CCCC12CCN(C(=O)C1(c3ccc(F)cc3)CCCC1)CC2. The van der Waals surface area contributed by atoms with E-state index in [1.165, 1.54) is 31.4 Å². The summed E-state index contributed by atoms with van der Waals surface area (Å²) in [4.78, 5) is 15.7. The van der Waals surface area contributed by atoms with Crippen molar-refractivity contribution in [2.24, 2.45) is 17.1 Å². The van der Waals surface area contributed by atoms with Crippen LogP contribution in [-0.2, 0) is 10.2 Å². The molecule has 4 heteroatoms. The van der Waals surface area contributed by atoms with Crippen LogP contribution in [0.4, 0.5) is 4.39 Å². The molecule has 3 fully saturated rings. The first-order chi connectivity index (χ1) is 12.6. The fraction of sp³-hybridized carbons (Fsp3) is 0.682. The second-order valence-electron chi connectivity index (χ2n) is 8.78. The number of halogens is 1. The van der Waals surface area contributed by atoms with Crippen molar-refractivity contribution < 1.29 is 9.18 Å². The summed E-state index contributed by atoms with van der Waals surface area (Å²) in [6.45, 7) is 2.50. The topological polar surface area (TPSA) is 46.3 Å². The second-order valence-corrected chi connectivity index (χ2v) is 8.78. The normalized spacial score (nSPS) is 27.2. The molecule has 3 aliphatic rings. The van der Waals surface area contributed by atoms with Crippen LogP contribution in [0.15, 0.2) is 24.3 Å². The van der Waals surface area contributed by atoms with Crippen molar-refractivity contribution in [1.82, 2.24) is 4.90 Å². The van der Waals surface area contributed by atoms with Gasteiger partial charge in [0.25, 0.3) is 0 Å². The van der Waals surface area contributed by atoms with Crippen molar-refractivity contribution >= 4 is 5.91 Å². The lowest BCUT2D eigenvalue weighted by atomic mass is 9.70. The molecule has 1 spiro atoms. The number of amides is 1. The van der Waals surface area contributed by atoms with Gasteiger partial charge in [-0.1, -0.05) is 31.4 Å². The monoisotopic (exact) mass is 358 g/mol. The minimum atomic E-state index is -0.429. The molecule has 26 heavy (non-hydrogen) atoms. The molecule has 3 nitrogen and oxygen atoms in total. The number of hydrogen-bond acceptors (Lipinski definition) is 2. The van der Waals surface area contributed by atoms with Gasteiger partial charge in [0.2, 0.25) is 5.91 Å². The summed E-state index contributed by atoms with van der Waals surface area (Å²) < 4.78 is 13.4. The largest absolute Gasteiger partial charge is 0.342 e. The Kier molecular flexibility index (Phi) is 4.81. The van der Waals surface area contributed by atoms with E-state index in [-0.39, 0.29) is 11.7 Å². The van der Waals surface area contributed by atoms with E-state index in [1.807, 2.05) is 12.1 Å². The maximum Gasteiger partial charge on any atom is 0.233 e. The summed E-state index contributed by atoms with van der Waals surface area (Å²) >= 11 is 0. The number of rotatable bonds is 3. The zero-order valence-corrected chi connectivity index (χ0v) is 15.7. The summed E-state index contributed by atoms with van der Waals surface area (Å²) in [5, 5.41) is 0. The van der Waals surface area contributed by atoms with Crippen LogP contribution in [0, 0.1) is 17.2 Å². The minimum absolute atomic E-state index is 0.233. The van der Waals surface area contributed by atoms with Gasteiger partial charge in [-0.3, -0.25) is 4.79 Å². The molecule has 4 rings (SSSR count). The van der Waals surface area contributed by atoms with E-state index in [0.29, 0.717) is 11.3 Å². The maximum absolute atomic E-state index is 13.6. The van der Waals surface area contributed by atoms with Crippen LogP contribution in [0.2, 0.25) is 0 Å². The Labute approximate surface area is 156 Å². The highest BCUT2D eigenvalue weighted by Gasteiger charge is 2.49. The quantitative estimate of drug-likeness (QED) is 0.887. The average Bonchev–Trinajstić information content (AvgIpc) is 3.30. The van der Waals surface area contributed by atoms with Gasteiger partial charge < -0.3 is 10.6 Å². The highest BCUT2D eigenvalue weighted by Crippen LogP contribution is 2.51. The number of nitrogens with zero attached hydrogens (tertiary/aromatic N) is 1. The van der Waals surface area contributed by atoms with Crippen molar-refractivity contribution in [2.75, 3.05) is 19.6 Å². The van der Waals surface area contributed by atoms with E-state index < -0.39 is 5.41 Å². The molecule has 2 saturated carbocycles. The van der Waals surface area contributed by atoms with E-state index in [9.17, 15) is 9.18 Å². The summed E-state index contributed by atoms with van der Waals surface area (Å²) in [5.74, 6) is 0.680. The molecule has 1 amide bonds. The molecule has 1 saturated heterocycles. The van der Waals surface area contributed by atoms with E-state index in [4.69, 9.17) is 5.73 Å². The first kappa shape index (κ1) is 18.0. The second kappa shape index (κ2) is 6.95. The Bertz CT molecular complexity index is 643. The van der Waals surface area contributed by atoms with Crippen LogP contribution in [0.1, 0.15) is 63.4 Å². The van der Waals surface area contributed by atoms with Gasteiger partial charge in [0.15, 0.2) is 0 Å². The minimum Gasteiger partial charge on any atom is -0.342 e. The van der Waals surface area contributed by atoms with Gasteiger partial charge in [0.05, 0.1) is 5.41 Å². The molecular formula is C22H31FN2O. The molecule has 1 aromatic carbocycles. The smallest absolute Gasteiger partial charge is 0.233 e. The first-order valence-electron chi connectivity index (χ1n) is 10.4. The number of likely N-dealkylation sites (tertiary alicyclic amines) is 1. The number of hydrogen-bond donors (Lipinski definition) is 1. The van der Waals surface area contributed by atoms with E-state index in [0.717, 1.165) is 63.7 Å². The van der Waals surface area contributed by atoms with Crippen LogP contribution in [0.5, 0.6) is 0 Å². The van der Waals surface area contributed by atoms with Gasteiger partial charge in [-0.05, 0) is 74.1 Å². The van der Waals surface area contributed by atoms with Crippen molar-refractivity contribution in [3.8, 4) is 0 Å². The fourth-order valence-electron chi connectivity index (χ4n) is 6.07. The van der Waals surface area contributed by atoms with Crippen molar-refractivity contribution in [2.45, 2.75) is 63.2 Å². The third-order valence-electron chi connectivity index (χ3n) is 7.69. The molecule has 1 aliphatic heterocycles. The predicted octanol–water partition coefficient (Wildman–Crippen LogP) is 4.01. The Balaban J connectivity index is 1.52. The number of benzene rings is 1. The van der Waals surface area contributed by atoms with E-state index >= 15 is 0 Å². The lowest BCUT2D eigenvalue weighted by molar-refractivity contribution is -0.140. The zero-order chi connectivity index (χ0) is 18.2. The van der Waals surface area contributed by atoms with Gasteiger partial charge in [-0.15, -0.1) is 0 Å². The number of carbonyl (C=O) groups is 1. The molecule has 2 aliphatic carbocycles. The summed E-state index contributed by atoms with van der Waals surface area (Å²) in [6.07, 6.45) is 9.96. The molecule has 2 N–H and O–H groups in total. The first-order valence-corrected chi connectivity index (χ1v) is 10.4. The third-order valence-corrected chi connectivity index (χ3v) is 7.69. The Morgan fingerprint density at radius 1 is 1.04 bits per heavy atom. The zero-order valence-electron chi connectivity index (χ0n) is 15.7. The molecule has 0 bridgehead atoms. The lowest BCUT2D eigenvalue weighted by Crippen LogP contribution is -2.51. The van der Waals surface area contributed by atoms with Crippen LogP contribution < -0.4 is 5.73 Å². The molecule has 1 heterocycles. The third kappa shape index (κ3) is 2.87. The van der Waals surface area contributed by atoms with Crippen molar-refractivity contribution in [3.63, 3.8) is 0 Å². The molecular weight excluding hydrogens is 327 g/mol. The van der Waals surface area contributed by atoms with Crippen LogP contribution in [0.25, 0.3) is 0 Å². The van der Waals surface area contributed by atoms with Gasteiger partial charge in [-0.25, -0.2) is 4.39 Å². The van der Waals surface area contributed by atoms with Crippen LogP contribution in [-0.4, -0.2) is 30.4 Å². The van der Waals surface area contributed by atoms with Gasteiger partial charge in [-0.2, -0.15) is 0 Å². The van der Waals surface area contributed by atoms with Gasteiger partial charge in [0, 0.05) is 13.1 Å². The summed E-state index contributed by atoms with van der Waals surface area (Å²) in [7, 11) is 0. The molecule has 0 radical (unpaired) electrons. The lowest BCUT2D eigenvalue weighted by Gasteiger charge is -2.45. The Hall–Kier alpha value is -1.42. The summed E-state index contributed by atoms with van der Waals surface area (Å²) in [5.41, 5.74) is 6.98. The highest BCUT2D eigenvalue weighted by atomic mass is 19.1. The predicted molar refractivity (Wildman–Crippen MR) is 101 cm³/mol. The van der Waals surface area contributed by atoms with Crippen molar-refractivity contribution in [3.05, 3.63) is 35.6 Å². The molecule has 1 aromatic rings. The molecule has 1 atom stereocenters.